The van der Waals surface area contributed by atoms with Crippen molar-refractivity contribution in [3.63, 3.8) is 0 Å². The Hall–Kier alpha value is -2.82. The lowest BCUT2D eigenvalue weighted by Gasteiger charge is -2.09. The fourth-order valence-corrected chi connectivity index (χ4v) is 2.06. The third-order valence-electron chi connectivity index (χ3n) is 3.18. The zero-order valence-electron chi connectivity index (χ0n) is 12.3. The van der Waals surface area contributed by atoms with Crippen molar-refractivity contribution in [2.24, 2.45) is 0 Å². The van der Waals surface area contributed by atoms with Crippen molar-refractivity contribution in [3.05, 3.63) is 54.7 Å². The highest BCUT2D eigenvalue weighted by Gasteiger charge is 1.99. The standard InChI is InChI=1S/C17H17N3O2/c1-21-13-6-8-14(9-7-13)22-11-10-18-17-12-19-15-4-2-3-5-16(15)20-17/h2-9,12H,10-11H2,1H3,(H,18,20). The van der Waals surface area contributed by atoms with Crippen LogP contribution in [0.15, 0.2) is 54.7 Å². The molecule has 0 bridgehead atoms. The van der Waals surface area contributed by atoms with Gasteiger partial charge >= 0.3 is 0 Å². The topological polar surface area (TPSA) is 56.3 Å². The molecule has 5 nitrogen and oxygen atoms in total. The van der Waals surface area contributed by atoms with Gasteiger partial charge in [0, 0.05) is 0 Å². The number of rotatable bonds is 6. The first kappa shape index (κ1) is 14.1. The normalized spacial score (nSPS) is 10.4. The van der Waals surface area contributed by atoms with Gasteiger partial charge in [-0.25, -0.2) is 4.98 Å². The van der Waals surface area contributed by atoms with Crippen molar-refractivity contribution >= 4 is 16.9 Å². The van der Waals surface area contributed by atoms with E-state index in [4.69, 9.17) is 9.47 Å². The summed E-state index contributed by atoms with van der Waals surface area (Å²) in [7, 11) is 1.64. The average Bonchev–Trinajstić information content (AvgIpc) is 2.59. The summed E-state index contributed by atoms with van der Waals surface area (Å²) in [6.45, 7) is 1.19. The number of fused-ring (bicyclic) bond motifs is 1. The molecule has 0 spiro atoms. The molecule has 0 unspecified atom stereocenters. The molecule has 3 rings (SSSR count). The fourth-order valence-electron chi connectivity index (χ4n) is 2.06. The van der Waals surface area contributed by atoms with Gasteiger partial charge in [-0.05, 0) is 36.4 Å². The lowest BCUT2D eigenvalue weighted by Crippen LogP contribution is -2.12. The first-order valence-corrected chi connectivity index (χ1v) is 7.08. The number of benzene rings is 2. The number of hydrogen-bond acceptors (Lipinski definition) is 5. The van der Waals surface area contributed by atoms with Crippen LogP contribution < -0.4 is 14.8 Å². The molecule has 1 heterocycles. The van der Waals surface area contributed by atoms with Crippen molar-refractivity contribution in [1.29, 1.82) is 0 Å². The molecule has 0 aliphatic carbocycles. The van der Waals surface area contributed by atoms with Crippen LogP contribution in [0.4, 0.5) is 5.82 Å². The number of nitrogens with one attached hydrogen (secondary N) is 1. The third-order valence-corrected chi connectivity index (χ3v) is 3.18. The van der Waals surface area contributed by atoms with E-state index in [-0.39, 0.29) is 0 Å². The van der Waals surface area contributed by atoms with E-state index in [1.54, 1.807) is 13.3 Å². The molecule has 0 radical (unpaired) electrons. The summed E-state index contributed by atoms with van der Waals surface area (Å²) in [6, 6.07) is 15.3. The van der Waals surface area contributed by atoms with Crippen LogP contribution >= 0.6 is 0 Å². The Balaban J connectivity index is 1.51. The maximum atomic E-state index is 5.65. The minimum absolute atomic E-state index is 0.542. The van der Waals surface area contributed by atoms with E-state index < -0.39 is 0 Å². The molecule has 0 saturated carbocycles. The Morgan fingerprint density at radius 1 is 0.955 bits per heavy atom. The molecule has 1 aromatic heterocycles. The minimum Gasteiger partial charge on any atom is -0.497 e. The van der Waals surface area contributed by atoms with Gasteiger partial charge in [-0.15, -0.1) is 0 Å². The zero-order chi connectivity index (χ0) is 15.2. The summed E-state index contributed by atoms with van der Waals surface area (Å²) < 4.78 is 10.8. The van der Waals surface area contributed by atoms with E-state index in [1.807, 2.05) is 48.5 Å². The second-order valence-corrected chi connectivity index (χ2v) is 4.69. The van der Waals surface area contributed by atoms with Crippen LogP contribution in [0.3, 0.4) is 0 Å². The number of anilines is 1. The molecule has 3 aromatic rings. The SMILES string of the molecule is COc1ccc(OCCNc2cnc3ccccc3n2)cc1. The van der Waals surface area contributed by atoms with E-state index in [2.05, 4.69) is 15.3 Å². The van der Waals surface area contributed by atoms with Gasteiger partial charge < -0.3 is 14.8 Å². The number of methoxy groups -OCH3 is 1. The molecule has 2 aromatic carbocycles. The third kappa shape index (κ3) is 3.44. The van der Waals surface area contributed by atoms with E-state index in [9.17, 15) is 0 Å². The molecule has 0 aliphatic rings. The molecular weight excluding hydrogens is 278 g/mol. The van der Waals surface area contributed by atoms with Gasteiger partial charge in [-0.1, -0.05) is 12.1 Å². The molecule has 0 saturated heterocycles. The Labute approximate surface area is 128 Å². The number of para-hydroxylation sites is 2. The first-order chi connectivity index (χ1) is 10.8. The summed E-state index contributed by atoms with van der Waals surface area (Å²) in [6.07, 6.45) is 1.73. The van der Waals surface area contributed by atoms with Gasteiger partial charge in [-0.2, -0.15) is 0 Å². The predicted molar refractivity (Wildman–Crippen MR) is 86.5 cm³/mol. The van der Waals surface area contributed by atoms with Gasteiger partial charge in [0.05, 0.1) is 30.9 Å². The molecule has 0 atom stereocenters. The summed E-state index contributed by atoms with van der Waals surface area (Å²) >= 11 is 0. The van der Waals surface area contributed by atoms with Crippen LogP contribution in [0.2, 0.25) is 0 Å². The van der Waals surface area contributed by atoms with Crippen LogP contribution in [0, 0.1) is 0 Å². The lowest BCUT2D eigenvalue weighted by atomic mass is 10.3. The number of nitrogens with zero attached hydrogens (tertiary/aromatic N) is 2. The molecule has 112 valence electrons. The maximum Gasteiger partial charge on any atom is 0.145 e. The van der Waals surface area contributed by atoms with Crippen molar-refractivity contribution in [2.75, 3.05) is 25.6 Å². The molecule has 1 N–H and O–H groups in total. The highest BCUT2D eigenvalue weighted by Crippen LogP contribution is 2.17. The summed E-state index contributed by atoms with van der Waals surface area (Å²) in [5, 5.41) is 3.21. The maximum absolute atomic E-state index is 5.65. The zero-order valence-corrected chi connectivity index (χ0v) is 12.3. The molecular formula is C17H17N3O2. The van der Waals surface area contributed by atoms with E-state index >= 15 is 0 Å². The number of ether oxygens (including phenoxy) is 2. The lowest BCUT2D eigenvalue weighted by molar-refractivity contribution is 0.331. The van der Waals surface area contributed by atoms with Crippen LogP contribution in [0.1, 0.15) is 0 Å². The van der Waals surface area contributed by atoms with Crippen LogP contribution in [0.5, 0.6) is 11.5 Å². The first-order valence-electron chi connectivity index (χ1n) is 7.08. The smallest absolute Gasteiger partial charge is 0.145 e. The van der Waals surface area contributed by atoms with E-state index in [1.165, 1.54) is 0 Å². The van der Waals surface area contributed by atoms with Crippen molar-refractivity contribution in [1.82, 2.24) is 9.97 Å². The van der Waals surface area contributed by atoms with Gasteiger partial charge in [-0.3, -0.25) is 4.98 Å². The fraction of sp³-hybridized carbons (Fsp3) is 0.176. The average molecular weight is 295 g/mol. The van der Waals surface area contributed by atoms with Crippen molar-refractivity contribution < 1.29 is 9.47 Å². The highest BCUT2D eigenvalue weighted by molar-refractivity contribution is 5.75. The summed E-state index contributed by atoms with van der Waals surface area (Å²) in [4.78, 5) is 8.85. The Kier molecular flexibility index (Phi) is 4.34. The highest BCUT2D eigenvalue weighted by atomic mass is 16.5. The van der Waals surface area contributed by atoms with Crippen LogP contribution in [-0.2, 0) is 0 Å². The summed E-state index contributed by atoms with van der Waals surface area (Å²) in [5.74, 6) is 2.38. The van der Waals surface area contributed by atoms with Crippen molar-refractivity contribution in [2.45, 2.75) is 0 Å². The minimum atomic E-state index is 0.542. The second-order valence-electron chi connectivity index (χ2n) is 4.69. The monoisotopic (exact) mass is 295 g/mol. The van der Waals surface area contributed by atoms with E-state index in [0.717, 1.165) is 28.4 Å². The van der Waals surface area contributed by atoms with Gasteiger partial charge in [0.25, 0.3) is 0 Å². The van der Waals surface area contributed by atoms with Crippen LogP contribution in [-0.4, -0.2) is 30.2 Å². The largest absolute Gasteiger partial charge is 0.497 e. The number of aromatic nitrogens is 2. The van der Waals surface area contributed by atoms with Crippen LogP contribution in [0.25, 0.3) is 11.0 Å². The number of hydrogen-bond donors (Lipinski definition) is 1. The molecule has 0 fully saturated rings. The Bertz CT molecular complexity index is 744. The van der Waals surface area contributed by atoms with E-state index in [0.29, 0.717) is 13.2 Å². The van der Waals surface area contributed by atoms with Crippen molar-refractivity contribution in [3.8, 4) is 11.5 Å². The summed E-state index contributed by atoms with van der Waals surface area (Å²) in [5.41, 5.74) is 1.77. The molecule has 0 amide bonds. The van der Waals surface area contributed by atoms with Gasteiger partial charge in [0.1, 0.15) is 23.9 Å². The molecule has 0 aliphatic heterocycles. The Morgan fingerprint density at radius 2 is 1.68 bits per heavy atom. The quantitative estimate of drug-likeness (QED) is 0.708. The van der Waals surface area contributed by atoms with Gasteiger partial charge in [0.2, 0.25) is 0 Å². The molecule has 22 heavy (non-hydrogen) atoms. The second kappa shape index (κ2) is 6.76. The molecule has 5 heteroatoms. The Morgan fingerprint density at radius 3 is 2.45 bits per heavy atom. The van der Waals surface area contributed by atoms with Gasteiger partial charge in [0.15, 0.2) is 0 Å². The predicted octanol–water partition coefficient (Wildman–Crippen LogP) is 3.13.